The van der Waals surface area contributed by atoms with Gasteiger partial charge in [-0.3, -0.25) is 4.68 Å². The van der Waals surface area contributed by atoms with Crippen LogP contribution in [0.1, 0.15) is 236 Å². The van der Waals surface area contributed by atoms with E-state index in [1.165, 1.54) is 178 Å². The number of ether oxygens (including phenoxy) is 2. The Hall–Kier alpha value is -1.97. The van der Waals surface area contributed by atoms with Gasteiger partial charge in [0.1, 0.15) is 42.7 Å². The number of aryl methyl sites for hydroxylation is 2. The first-order valence-corrected chi connectivity index (χ1v) is 26.0. The highest BCUT2D eigenvalue weighted by Crippen LogP contribution is 2.28. The molecule has 63 heavy (non-hydrogen) atoms. The summed E-state index contributed by atoms with van der Waals surface area (Å²) in [4.78, 5) is 0. The molecule has 2 aromatic rings. The van der Waals surface area contributed by atoms with Crippen LogP contribution in [0.25, 0.3) is 0 Å². The Morgan fingerprint density at radius 2 is 1.06 bits per heavy atom. The summed E-state index contributed by atoms with van der Waals surface area (Å²) in [6.07, 6.45) is 36.3. The fourth-order valence-electron chi connectivity index (χ4n) is 8.88. The molecule has 0 bridgehead atoms. The maximum atomic E-state index is 11.6. The molecular weight excluding hydrogens is 799 g/mol. The Balaban J connectivity index is 1.36. The topological polar surface area (TPSA) is 188 Å². The van der Waals surface area contributed by atoms with Gasteiger partial charge in [-0.05, 0) is 19.3 Å². The molecule has 13 heteroatoms. The molecule has 3 heterocycles. The largest absolute Gasteiger partial charge is 0.394 e. The second-order valence-corrected chi connectivity index (χ2v) is 18.8. The molecule has 1 fully saturated rings. The highest BCUT2D eigenvalue weighted by molar-refractivity contribution is 5.11. The fourth-order valence-corrected chi connectivity index (χ4v) is 8.88. The monoisotopic (exact) mass is 892 g/mol. The van der Waals surface area contributed by atoms with E-state index in [4.69, 9.17) is 9.47 Å². The molecular formula is C50H93N5O8. The zero-order valence-electron chi connectivity index (χ0n) is 39.8. The minimum atomic E-state index is -1.61. The lowest BCUT2D eigenvalue weighted by Crippen LogP contribution is -2.59. The first-order chi connectivity index (χ1) is 30.8. The predicted octanol–water partition coefficient (Wildman–Crippen LogP) is 9.60. The number of aromatic nitrogens is 5. The molecule has 6 N–H and O–H groups in total. The van der Waals surface area contributed by atoms with E-state index in [0.717, 1.165) is 37.8 Å². The highest BCUT2D eigenvalue weighted by atomic mass is 16.7. The Morgan fingerprint density at radius 1 is 0.603 bits per heavy atom. The summed E-state index contributed by atoms with van der Waals surface area (Å²) >= 11 is 0. The summed E-state index contributed by atoms with van der Waals surface area (Å²) in [6.45, 7) is 4.36. The van der Waals surface area contributed by atoms with E-state index < -0.39 is 55.6 Å². The molecule has 8 atom stereocenters. The number of unbranched alkanes of at least 4 members (excludes halogenated alkanes) is 29. The van der Waals surface area contributed by atoms with Gasteiger partial charge in [-0.1, -0.05) is 205 Å². The first kappa shape index (κ1) is 55.4. The number of rotatable bonds is 41. The highest BCUT2D eigenvalue weighted by Gasteiger charge is 2.45. The van der Waals surface area contributed by atoms with Crippen LogP contribution in [0, 0.1) is 0 Å². The number of hydrogen-bond donors (Lipinski definition) is 6. The molecule has 0 unspecified atom stereocenters. The van der Waals surface area contributed by atoms with Crippen molar-refractivity contribution >= 4 is 0 Å². The second-order valence-electron chi connectivity index (χ2n) is 18.8. The lowest BCUT2D eigenvalue weighted by Gasteiger charge is -2.40. The van der Waals surface area contributed by atoms with Gasteiger partial charge < -0.3 is 40.1 Å². The van der Waals surface area contributed by atoms with Crippen molar-refractivity contribution < 1.29 is 40.1 Å². The van der Waals surface area contributed by atoms with Crippen LogP contribution >= 0.6 is 0 Å². The predicted molar refractivity (Wildman–Crippen MR) is 250 cm³/mol. The van der Waals surface area contributed by atoms with Crippen LogP contribution in [0.15, 0.2) is 18.6 Å². The first-order valence-electron chi connectivity index (χ1n) is 26.0. The molecule has 0 aliphatic carbocycles. The van der Waals surface area contributed by atoms with Crippen LogP contribution in [0.2, 0.25) is 0 Å². The number of aliphatic hydroxyl groups is 6. The zero-order valence-corrected chi connectivity index (χ0v) is 39.8. The molecule has 1 saturated heterocycles. The summed E-state index contributed by atoms with van der Waals surface area (Å²) < 4.78 is 14.7. The van der Waals surface area contributed by atoms with Crippen LogP contribution < -0.4 is 0 Å². The molecule has 1 aliphatic rings. The standard InChI is InChI=1S/C50H93N5O8/c1-3-5-7-9-11-13-14-15-16-17-18-19-20-21-22-23-24-25-26-28-30-32-34-42-38-55(53-52-42)43(40-62-50-49(61)48(60)47(59)44(39-56)63-50)46(58)45(57)41-36-51-54(37-41)35-33-31-29-27-12-10-8-6-4-2/h36-38,43-50,56-61H,3-35,39-40H2,1-2H3/t43-,44+,45+,46-,47-,48-,49+,50-/m0/s1. The van der Waals surface area contributed by atoms with Crippen molar-refractivity contribution in [1.29, 1.82) is 0 Å². The van der Waals surface area contributed by atoms with Crippen LogP contribution in [0.4, 0.5) is 0 Å². The van der Waals surface area contributed by atoms with Crippen molar-refractivity contribution in [2.24, 2.45) is 0 Å². The van der Waals surface area contributed by atoms with E-state index in [2.05, 4.69) is 29.3 Å². The third-order valence-corrected chi connectivity index (χ3v) is 13.2. The molecule has 366 valence electrons. The van der Waals surface area contributed by atoms with Gasteiger partial charge in [-0.2, -0.15) is 5.10 Å². The Kier molecular flexibility index (Phi) is 31.0. The Bertz CT molecular complexity index is 1350. The molecule has 1 aliphatic heterocycles. The van der Waals surface area contributed by atoms with Gasteiger partial charge in [0.25, 0.3) is 0 Å². The fraction of sp³-hybridized carbons (Fsp3) is 0.900. The minimum absolute atomic E-state index is 0.282. The molecule has 0 aromatic carbocycles. The average Bonchev–Trinajstić information content (AvgIpc) is 3.97. The smallest absolute Gasteiger partial charge is 0.186 e. The van der Waals surface area contributed by atoms with E-state index in [9.17, 15) is 30.6 Å². The Morgan fingerprint density at radius 3 is 1.54 bits per heavy atom. The molecule has 0 radical (unpaired) electrons. The number of hydrogen-bond acceptors (Lipinski definition) is 11. The van der Waals surface area contributed by atoms with Gasteiger partial charge in [0.15, 0.2) is 6.29 Å². The molecule has 3 rings (SSSR count). The molecule has 2 aromatic heterocycles. The van der Waals surface area contributed by atoms with Crippen molar-refractivity contribution in [3.05, 3.63) is 29.8 Å². The van der Waals surface area contributed by atoms with Gasteiger partial charge in [-0.25, -0.2) is 4.68 Å². The number of nitrogens with zero attached hydrogens (tertiary/aromatic N) is 5. The second kappa shape index (κ2) is 35.3. The quantitative estimate of drug-likeness (QED) is 0.0349. The number of aliphatic hydroxyl groups excluding tert-OH is 6. The average molecular weight is 892 g/mol. The van der Waals surface area contributed by atoms with E-state index in [1.807, 2.05) is 0 Å². The SMILES string of the molecule is CCCCCCCCCCCCCCCCCCCCCCCCc1cn([C@@H](CO[C@H]2O[C@H](CO)[C@H](O)[C@H](O)[C@H]2O)[C@H](O)[C@H](O)c2cnn(CCCCCCCCCCC)c2)nn1. The van der Waals surface area contributed by atoms with Crippen LogP contribution in [0.5, 0.6) is 0 Å². The summed E-state index contributed by atoms with van der Waals surface area (Å²) in [5.41, 5.74) is 1.21. The maximum absolute atomic E-state index is 11.6. The third-order valence-electron chi connectivity index (χ3n) is 13.2. The van der Waals surface area contributed by atoms with E-state index in [-0.39, 0.29) is 6.61 Å². The minimum Gasteiger partial charge on any atom is -0.394 e. The molecule has 0 amide bonds. The van der Waals surface area contributed by atoms with Crippen LogP contribution in [-0.4, -0.2) is 105 Å². The molecule has 0 spiro atoms. The van der Waals surface area contributed by atoms with Crippen molar-refractivity contribution in [3.8, 4) is 0 Å². The van der Waals surface area contributed by atoms with Crippen molar-refractivity contribution in [2.75, 3.05) is 13.2 Å². The van der Waals surface area contributed by atoms with E-state index >= 15 is 0 Å². The van der Waals surface area contributed by atoms with Gasteiger partial charge in [-0.15, -0.1) is 5.10 Å². The molecule has 0 saturated carbocycles. The Labute approximate surface area is 381 Å². The van der Waals surface area contributed by atoms with Gasteiger partial charge in [0, 0.05) is 24.5 Å². The lowest BCUT2D eigenvalue weighted by atomic mass is 9.99. The normalized spacial score (nSPS) is 20.7. The molecule has 13 nitrogen and oxygen atoms in total. The maximum Gasteiger partial charge on any atom is 0.186 e. The van der Waals surface area contributed by atoms with Crippen LogP contribution in [-0.2, 0) is 22.4 Å². The van der Waals surface area contributed by atoms with Crippen LogP contribution in [0.3, 0.4) is 0 Å². The lowest BCUT2D eigenvalue weighted by molar-refractivity contribution is -0.304. The van der Waals surface area contributed by atoms with E-state index in [1.54, 1.807) is 23.3 Å². The van der Waals surface area contributed by atoms with Gasteiger partial charge >= 0.3 is 0 Å². The summed E-state index contributed by atoms with van der Waals surface area (Å²) in [7, 11) is 0. The van der Waals surface area contributed by atoms with Gasteiger partial charge in [0.05, 0.1) is 25.1 Å². The van der Waals surface area contributed by atoms with Crippen molar-refractivity contribution in [3.63, 3.8) is 0 Å². The van der Waals surface area contributed by atoms with Crippen molar-refractivity contribution in [2.45, 2.75) is 275 Å². The van der Waals surface area contributed by atoms with Crippen molar-refractivity contribution in [1.82, 2.24) is 24.8 Å². The van der Waals surface area contributed by atoms with E-state index in [0.29, 0.717) is 12.1 Å². The summed E-state index contributed by atoms with van der Waals surface area (Å²) in [6, 6.07) is -0.959. The zero-order chi connectivity index (χ0) is 45.3. The van der Waals surface area contributed by atoms with Gasteiger partial charge in [0.2, 0.25) is 0 Å². The summed E-state index contributed by atoms with van der Waals surface area (Å²) in [5, 5.41) is 76.9. The summed E-state index contributed by atoms with van der Waals surface area (Å²) in [5.74, 6) is 0. The third kappa shape index (κ3) is 22.9.